The highest BCUT2D eigenvalue weighted by Gasteiger charge is 2.14. The number of aromatic nitrogens is 2. The Morgan fingerprint density at radius 1 is 0.964 bits per heavy atom. The van der Waals surface area contributed by atoms with E-state index in [1.807, 2.05) is 4.89 Å². The van der Waals surface area contributed by atoms with Gasteiger partial charge in [-0.1, -0.05) is 4.89 Å². The number of benzene rings is 2. The highest BCUT2D eigenvalue weighted by atomic mass is 32.2. The minimum absolute atomic E-state index is 0.0180. The molecule has 0 spiro atoms. The van der Waals surface area contributed by atoms with Gasteiger partial charge in [0.15, 0.2) is 0 Å². The Labute approximate surface area is 161 Å². The van der Waals surface area contributed by atoms with Gasteiger partial charge in [-0.3, -0.25) is 9.63 Å². The Balaban J connectivity index is 1.64. The summed E-state index contributed by atoms with van der Waals surface area (Å²) in [6, 6.07) is 14.0. The van der Waals surface area contributed by atoms with Gasteiger partial charge in [-0.15, -0.1) is 0 Å². The summed E-state index contributed by atoms with van der Waals surface area (Å²) in [7, 11) is -2.57. The number of anilines is 1. The van der Waals surface area contributed by atoms with Gasteiger partial charge in [0, 0.05) is 23.6 Å². The number of carbonyl (C=O) groups is 1. The summed E-state index contributed by atoms with van der Waals surface area (Å²) in [5, 5.41) is 2.72. The Hall–Kier alpha value is -3.34. The molecule has 28 heavy (non-hydrogen) atoms. The number of carbonyl (C=O) groups excluding carboxylic acids is 1. The first kappa shape index (κ1) is 19.4. The van der Waals surface area contributed by atoms with Gasteiger partial charge in [-0.2, -0.15) is 0 Å². The zero-order chi connectivity index (χ0) is 20.0. The quantitative estimate of drug-likeness (QED) is 0.584. The van der Waals surface area contributed by atoms with Gasteiger partial charge in [-0.25, -0.2) is 18.4 Å². The average Bonchev–Trinajstić information content (AvgIpc) is 2.70. The maximum Gasteiger partial charge on any atom is 0.321 e. The normalized spacial score (nSPS) is 11.0. The maximum absolute atomic E-state index is 12.3. The van der Waals surface area contributed by atoms with E-state index in [2.05, 4.69) is 20.1 Å². The van der Waals surface area contributed by atoms with Crippen molar-refractivity contribution in [2.75, 3.05) is 12.4 Å². The fraction of sp³-hybridized carbons (Fsp3) is 0.0556. The highest BCUT2D eigenvalue weighted by Crippen LogP contribution is 2.20. The van der Waals surface area contributed by atoms with Crippen LogP contribution in [0.25, 0.3) is 0 Å². The third-order valence-corrected chi connectivity index (χ3v) is 4.76. The van der Waals surface area contributed by atoms with E-state index in [4.69, 9.17) is 4.74 Å². The zero-order valence-electron chi connectivity index (χ0n) is 14.7. The van der Waals surface area contributed by atoms with Gasteiger partial charge in [0.05, 0.1) is 12.0 Å². The topological polar surface area (TPSA) is 120 Å². The number of nitrogens with one attached hydrogen (secondary N) is 2. The molecular formula is C18H16N4O5S. The summed E-state index contributed by atoms with van der Waals surface area (Å²) in [4.78, 5) is 26.6. The predicted molar refractivity (Wildman–Crippen MR) is 100 cm³/mol. The fourth-order valence-corrected chi connectivity index (χ4v) is 3.01. The van der Waals surface area contributed by atoms with Crippen LogP contribution in [0.2, 0.25) is 0 Å². The second-order valence-electron chi connectivity index (χ2n) is 5.43. The van der Waals surface area contributed by atoms with E-state index in [1.54, 1.807) is 42.7 Å². The summed E-state index contributed by atoms with van der Waals surface area (Å²) in [5.74, 6) is 0.133. The van der Waals surface area contributed by atoms with Gasteiger partial charge in [0.1, 0.15) is 5.75 Å². The van der Waals surface area contributed by atoms with Gasteiger partial charge in [-0.05, 0) is 54.6 Å². The van der Waals surface area contributed by atoms with Crippen molar-refractivity contribution in [2.45, 2.75) is 4.90 Å². The van der Waals surface area contributed by atoms with Crippen molar-refractivity contribution < 1.29 is 22.8 Å². The van der Waals surface area contributed by atoms with Gasteiger partial charge < -0.3 is 10.1 Å². The molecule has 9 nitrogen and oxygen atoms in total. The molecule has 2 aromatic carbocycles. The minimum Gasteiger partial charge on any atom is -0.424 e. The number of hydrogen-bond donors (Lipinski definition) is 2. The largest absolute Gasteiger partial charge is 0.424 e. The molecule has 1 aromatic heterocycles. The van der Waals surface area contributed by atoms with Crippen LogP contribution in [0.5, 0.6) is 11.8 Å². The first-order valence-electron chi connectivity index (χ1n) is 7.99. The number of amides is 1. The van der Waals surface area contributed by atoms with Gasteiger partial charge in [0.25, 0.3) is 15.9 Å². The molecule has 10 heteroatoms. The summed E-state index contributed by atoms with van der Waals surface area (Å²) in [5.41, 5.74) is 0.846. The zero-order valence-corrected chi connectivity index (χ0v) is 15.5. The smallest absolute Gasteiger partial charge is 0.321 e. The van der Waals surface area contributed by atoms with Crippen LogP contribution >= 0.6 is 0 Å². The van der Waals surface area contributed by atoms with E-state index in [0.717, 1.165) is 0 Å². The number of nitrogens with zero attached hydrogens (tertiary/aromatic N) is 2. The van der Waals surface area contributed by atoms with E-state index in [0.29, 0.717) is 17.0 Å². The summed E-state index contributed by atoms with van der Waals surface area (Å²) in [6.07, 6.45) is 3.14. The molecule has 144 valence electrons. The van der Waals surface area contributed by atoms with Crippen molar-refractivity contribution in [1.29, 1.82) is 0 Å². The summed E-state index contributed by atoms with van der Waals surface area (Å²) >= 11 is 0. The summed E-state index contributed by atoms with van der Waals surface area (Å²) < 4.78 is 29.1. The van der Waals surface area contributed by atoms with Crippen LogP contribution in [0.4, 0.5) is 5.69 Å². The third-order valence-electron chi connectivity index (χ3n) is 3.48. The molecule has 0 aliphatic rings. The molecule has 2 N–H and O–H groups in total. The summed E-state index contributed by atoms with van der Waals surface area (Å²) in [6.45, 7) is 0. The lowest BCUT2D eigenvalue weighted by Crippen LogP contribution is -2.22. The monoisotopic (exact) mass is 400 g/mol. The first-order chi connectivity index (χ1) is 13.5. The lowest BCUT2D eigenvalue weighted by atomic mass is 10.2. The lowest BCUT2D eigenvalue weighted by molar-refractivity contribution is 0.102. The van der Waals surface area contributed by atoms with E-state index < -0.39 is 10.0 Å². The molecule has 0 fully saturated rings. The Morgan fingerprint density at radius 2 is 1.61 bits per heavy atom. The molecule has 0 saturated carbocycles. The molecule has 0 aliphatic heterocycles. The molecule has 3 rings (SSSR count). The van der Waals surface area contributed by atoms with Gasteiger partial charge in [0.2, 0.25) is 0 Å². The molecule has 0 radical (unpaired) electrons. The van der Waals surface area contributed by atoms with Crippen molar-refractivity contribution in [3.8, 4) is 11.8 Å². The number of sulfonamides is 1. The van der Waals surface area contributed by atoms with Crippen molar-refractivity contribution in [3.63, 3.8) is 0 Å². The first-order valence-corrected chi connectivity index (χ1v) is 9.47. The van der Waals surface area contributed by atoms with Crippen molar-refractivity contribution in [1.82, 2.24) is 14.9 Å². The molecule has 3 aromatic rings. The molecule has 0 saturated heterocycles. The van der Waals surface area contributed by atoms with Crippen molar-refractivity contribution in [2.24, 2.45) is 0 Å². The fourth-order valence-electron chi connectivity index (χ4n) is 2.20. The van der Waals surface area contributed by atoms with E-state index in [9.17, 15) is 13.2 Å². The van der Waals surface area contributed by atoms with Crippen LogP contribution in [-0.4, -0.2) is 31.4 Å². The molecule has 1 amide bonds. The Bertz CT molecular complexity index is 1040. The molecule has 0 aliphatic carbocycles. The molecule has 0 unspecified atom stereocenters. The van der Waals surface area contributed by atoms with E-state index in [-0.39, 0.29) is 16.8 Å². The predicted octanol–water partition coefficient (Wildman–Crippen LogP) is 2.36. The SMILES string of the molecule is CONS(=O)(=O)c1ccc(C(=O)Nc2ccc(Oc3ncccn3)cc2)cc1. The van der Waals surface area contributed by atoms with Crippen LogP contribution < -0.4 is 14.9 Å². The van der Waals surface area contributed by atoms with Crippen LogP contribution in [0.3, 0.4) is 0 Å². The van der Waals surface area contributed by atoms with E-state index >= 15 is 0 Å². The van der Waals surface area contributed by atoms with Crippen molar-refractivity contribution >= 4 is 21.6 Å². The van der Waals surface area contributed by atoms with Gasteiger partial charge >= 0.3 is 6.01 Å². The maximum atomic E-state index is 12.3. The lowest BCUT2D eigenvalue weighted by Gasteiger charge is -2.08. The third kappa shape index (κ3) is 4.88. The second kappa shape index (κ2) is 8.57. The number of rotatable bonds is 7. The second-order valence-corrected chi connectivity index (χ2v) is 7.07. The Kier molecular flexibility index (Phi) is 5.94. The number of ether oxygens (including phenoxy) is 1. The Morgan fingerprint density at radius 3 is 2.21 bits per heavy atom. The van der Waals surface area contributed by atoms with Crippen LogP contribution in [0.1, 0.15) is 10.4 Å². The van der Waals surface area contributed by atoms with Crippen LogP contribution in [-0.2, 0) is 14.9 Å². The van der Waals surface area contributed by atoms with E-state index in [1.165, 1.54) is 31.4 Å². The molecule has 0 bridgehead atoms. The minimum atomic E-state index is -3.77. The molecular weight excluding hydrogens is 384 g/mol. The highest BCUT2D eigenvalue weighted by molar-refractivity contribution is 7.89. The molecule has 0 atom stereocenters. The standard InChI is InChI=1S/C18H16N4O5S/c1-26-22-28(24,25)16-9-3-13(4-10-16)17(23)21-14-5-7-15(8-6-14)27-18-19-11-2-12-20-18/h2-12,22H,1H3,(H,21,23). The number of hydrogen-bond acceptors (Lipinski definition) is 7. The van der Waals surface area contributed by atoms with Crippen molar-refractivity contribution in [3.05, 3.63) is 72.6 Å². The molecule has 1 heterocycles. The van der Waals surface area contributed by atoms with Crippen LogP contribution in [0.15, 0.2) is 71.9 Å². The van der Waals surface area contributed by atoms with Crippen LogP contribution in [0, 0.1) is 0 Å². The average molecular weight is 400 g/mol.